The minimum Gasteiger partial charge on any atom is -0.493 e. The lowest BCUT2D eigenvalue weighted by Crippen LogP contribution is -2.27. The van der Waals surface area contributed by atoms with Crippen LogP contribution in [0.1, 0.15) is 11.1 Å². The van der Waals surface area contributed by atoms with E-state index in [2.05, 4.69) is 0 Å². The van der Waals surface area contributed by atoms with Crippen molar-refractivity contribution in [3.8, 4) is 23.0 Å². The van der Waals surface area contributed by atoms with E-state index in [4.69, 9.17) is 30.0 Å². The second-order valence-corrected chi connectivity index (χ2v) is 11.9. The molecule has 4 aromatic carbocycles. The van der Waals surface area contributed by atoms with Gasteiger partial charge in [0.1, 0.15) is 4.90 Å². The van der Waals surface area contributed by atoms with Crippen LogP contribution in [0.5, 0.6) is 23.0 Å². The molecule has 208 valence electrons. The van der Waals surface area contributed by atoms with Crippen LogP contribution in [-0.2, 0) is 21.5 Å². The van der Waals surface area contributed by atoms with Gasteiger partial charge in [-0.3, -0.25) is 14.5 Å². The highest BCUT2D eigenvalue weighted by atomic mass is 35.5. The van der Waals surface area contributed by atoms with Crippen LogP contribution in [0.15, 0.2) is 82.6 Å². The summed E-state index contributed by atoms with van der Waals surface area (Å²) in [6.45, 7) is 0.0292. The summed E-state index contributed by atoms with van der Waals surface area (Å²) in [5.41, 5.74) is 1.04. The maximum Gasteiger partial charge on any atom is 0.339 e. The minimum absolute atomic E-state index is 0.0249. The number of fused-ring (bicyclic) bond motifs is 2. The zero-order chi connectivity index (χ0) is 28.7. The number of imide groups is 1. The Kier molecular flexibility index (Phi) is 7.02. The summed E-state index contributed by atoms with van der Waals surface area (Å²) in [7, 11) is -2.83. The third-order valence-electron chi connectivity index (χ3n) is 6.45. The Morgan fingerprint density at radius 2 is 1.73 bits per heavy atom. The van der Waals surface area contributed by atoms with Gasteiger partial charge in [0.2, 0.25) is 6.79 Å². The first-order chi connectivity index (χ1) is 19.7. The van der Waals surface area contributed by atoms with Crippen LogP contribution in [0.4, 0.5) is 4.79 Å². The Bertz CT molecular complexity index is 1870. The molecule has 0 spiro atoms. The molecule has 1 saturated heterocycles. The fraction of sp³-hybridized carbons (Fsp3) is 0.103. The molecule has 0 atom stereocenters. The zero-order valence-electron chi connectivity index (χ0n) is 21.3. The van der Waals surface area contributed by atoms with Crippen molar-refractivity contribution in [3.63, 3.8) is 0 Å². The summed E-state index contributed by atoms with van der Waals surface area (Å²) in [6, 6.07) is 19.8. The van der Waals surface area contributed by atoms with E-state index < -0.39 is 21.3 Å². The molecular weight excluding hydrogens is 590 g/mol. The smallest absolute Gasteiger partial charge is 0.339 e. The lowest BCUT2D eigenvalue weighted by atomic mass is 10.1. The second-order valence-electron chi connectivity index (χ2n) is 8.99. The monoisotopic (exact) mass is 609 g/mol. The zero-order valence-corrected chi connectivity index (χ0v) is 23.7. The summed E-state index contributed by atoms with van der Waals surface area (Å²) in [5, 5.41) is 1.18. The molecule has 12 heteroatoms. The summed E-state index contributed by atoms with van der Waals surface area (Å²) in [5.74, 6) is 0.603. The number of thioether (sulfide) groups is 1. The number of carbonyl (C=O) groups is 2. The Hall–Kier alpha value is -4.19. The van der Waals surface area contributed by atoms with Gasteiger partial charge >= 0.3 is 10.1 Å². The molecule has 4 aromatic rings. The fourth-order valence-electron chi connectivity index (χ4n) is 4.46. The van der Waals surface area contributed by atoms with Crippen LogP contribution in [-0.4, -0.2) is 38.4 Å². The van der Waals surface area contributed by atoms with E-state index in [1.165, 1.54) is 31.4 Å². The number of amides is 2. The molecule has 41 heavy (non-hydrogen) atoms. The van der Waals surface area contributed by atoms with Gasteiger partial charge < -0.3 is 18.4 Å². The Balaban J connectivity index is 1.23. The van der Waals surface area contributed by atoms with Crippen molar-refractivity contribution in [1.29, 1.82) is 0 Å². The fourth-order valence-corrected chi connectivity index (χ4v) is 6.67. The van der Waals surface area contributed by atoms with Gasteiger partial charge in [-0.1, -0.05) is 54.1 Å². The van der Waals surface area contributed by atoms with Gasteiger partial charge in [-0.05, 0) is 58.6 Å². The molecule has 0 radical (unpaired) electrons. The van der Waals surface area contributed by atoms with Crippen molar-refractivity contribution in [2.75, 3.05) is 13.9 Å². The van der Waals surface area contributed by atoms with E-state index in [1.54, 1.807) is 36.4 Å². The SMILES string of the molecule is COc1cc(/C=C2\SC(=O)N(Cc3cc4c(cc3Cl)OCO4)C2=O)ccc1OS(=O)(=O)c1cccc2ccccc12. The topological polar surface area (TPSA) is 108 Å². The maximum atomic E-state index is 13.2. The van der Waals surface area contributed by atoms with Gasteiger partial charge in [0.25, 0.3) is 11.1 Å². The number of halogens is 1. The van der Waals surface area contributed by atoms with Gasteiger partial charge in [0.15, 0.2) is 23.0 Å². The van der Waals surface area contributed by atoms with E-state index in [1.807, 2.05) is 18.2 Å². The van der Waals surface area contributed by atoms with Crippen LogP contribution in [0.3, 0.4) is 0 Å². The number of nitrogens with zero attached hydrogens (tertiary/aromatic N) is 1. The van der Waals surface area contributed by atoms with E-state index in [-0.39, 0.29) is 34.6 Å². The Morgan fingerprint density at radius 1 is 0.976 bits per heavy atom. The first-order valence-corrected chi connectivity index (χ1v) is 14.8. The molecule has 1 fully saturated rings. The quantitative estimate of drug-likeness (QED) is 0.178. The third-order valence-corrected chi connectivity index (χ3v) is 9.00. The number of benzene rings is 4. The minimum atomic E-state index is -4.20. The lowest BCUT2D eigenvalue weighted by Gasteiger charge is -2.14. The molecule has 2 amide bonds. The van der Waals surface area contributed by atoms with Gasteiger partial charge in [-0.2, -0.15) is 8.42 Å². The van der Waals surface area contributed by atoms with Crippen LogP contribution in [0.25, 0.3) is 16.8 Å². The van der Waals surface area contributed by atoms with Crippen LogP contribution in [0.2, 0.25) is 5.02 Å². The van der Waals surface area contributed by atoms with Crippen LogP contribution < -0.4 is 18.4 Å². The number of ether oxygens (including phenoxy) is 3. The van der Waals surface area contributed by atoms with E-state index in [0.717, 1.165) is 22.0 Å². The standard InChI is InChI=1S/C29H20ClNO8S2/c1-36-23-11-17(9-10-22(23)39-41(34,35)27-8-4-6-18-5-2-3-7-20(18)27)12-26-28(32)31(29(33)40-26)15-19-13-24-25(14-21(19)30)38-16-37-24/h2-14H,15-16H2,1H3/b26-12-. The second kappa shape index (κ2) is 10.7. The van der Waals surface area contributed by atoms with E-state index in [9.17, 15) is 18.0 Å². The first-order valence-electron chi connectivity index (χ1n) is 12.2. The van der Waals surface area contributed by atoms with Crippen LogP contribution in [0, 0.1) is 0 Å². The summed E-state index contributed by atoms with van der Waals surface area (Å²) in [4.78, 5) is 27.1. The van der Waals surface area contributed by atoms with Crippen molar-refractivity contribution in [2.24, 2.45) is 0 Å². The highest BCUT2D eigenvalue weighted by Gasteiger charge is 2.36. The van der Waals surface area contributed by atoms with Gasteiger partial charge in [-0.25, -0.2) is 0 Å². The molecule has 0 bridgehead atoms. The molecule has 0 unspecified atom stereocenters. The molecule has 0 N–H and O–H groups in total. The molecule has 9 nitrogen and oxygen atoms in total. The molecule has 6 rings (SSSR count). The molecule has 2 heterocycles. The molecule has 2 aliphatic heterocycles. The Labute approximate surface area is 244 Å². The highest BCUT2D eigenvalue weighted by Crippen LogP contribution is 2.40. The largest absolute Gasteiger partial charge is 0.493 e. The van der Waals surface area contributed by atoms with Crippen molar-refractivity contribution < 1.29 is 36.4 Å². The predicted molar refractivity (Wildman–Crippen MR) is 154 cm³/mol. The van der Waals surface area contributed by atoms with Crippen molar-refractivity contribution >= 4 is 61.5 Å². The van der Waals surface area contributed by atoms with Crippen molar-refractivity contribution in [1.82, 2.24) is 4.90 Å². The summed E-state index contributed by atoms with van der Waals surface area (Å²) < 4.78 is 47.9. The summed E-state index contributed by atoms with van der Waals surface area (Å²) in [6.07, 6.45) is 1.53. The van der Waals surface area contributed by atoms with E-state index >= 15 is 0 Å². The van der Waals surface area contributed by atoms with E-state index in [0.29, 0.717) is 33.0 Å². The molecule has 0 aromatic heterocycles. The number of carbonyl (C=O) groups excluding carboxylic acids is 2. The van der Waals surface area contributed by atoms with Gasteiger partial charge in [-0.15, -0.1) is 0 Å². The average molecular weight is 610 g/mol. The Morgan fingerprint density at radius 3 is 2.54 bits per heavy atom. The molecule has 0 aliphatic carbocycles. The average Bonchev–Trinajstić information content (AvgIpc) is 3.52. The number of methoxy groups -OCH3 is 1. The predicted octanol–water partition coefficient (Wildman–Crippen LogP) is 6.23. The van der Waals surface area contributed by atoms with Crippen molar-refractivity contribution in [2.45, 2.75) is 11.4 Å². The summed E-state index contributed by atoms with van der Waals surface area (Å²) >= 11 is 7.12. The first kappa shape index (κ1) is 27.0. The lowest BCUT2D eigenvalue weighted by molar-refractivity contribution is -0.123. The number of rotatable bonds is 7. The van der Waals surface area contributed by atoms with Gasteiger partial charge in [0, 0.05) is 16.5 Å². The number of hydrogen-bond donors (Lipinski definition) is 0. The molecular formula is C29H20ClNO8S2. The van der Waals surface area contributed by atoms with Crippen molar-refractivity contribution in [3.05, 3.63) is 93.9 Å². The normalized spacial score (nSPS) is 15.7. The number of hydrogen-bond acceptors (Lipinski definition) is 9. The van der Waals surface area contributed by atoms with Gasteiger partial charge in [0.05, 0.1) is 18.6 Å². The maximum absolute atomic E-state index is 13.2. The molecule has 2 aliphatic rings. The highest BCUT2D eigenvalue weighted by molar-refractivity contribution is 8.18. The third kappa shape index (κ3) is 5.19. The van der Waals surface area contributed by atoms with Crippen LogP contribution >= 0.6 is 23.4 Å². The molecule has 0 saturated carbocycles.